The average molecular weight is 158 g/mol. The van der Waals surface area contributed by atoms with E-state index in [-0.39, 0.29) is 11.9 Å². The van der Waals surface area contributed by atoms with Gasteiger partial charge in [0.1, 0.15) is 0 Å². The number of hydrogen-bond donors (Lipinski definition) is 0. The van der Waals surface area contributed by atoms with Gasteiger partial charge in [0.15, 0.2) is 0 Å². The molecule has 1 fully saturated rings. The van der Waals surface area contributed by atoms with Crippen molar-refractivity contribution in [3.05, 3.63) is 0 Å². The van der Waals surface area contributed by atoms with Crippen LogP contribution in [0.25, 0.3) is 0 Å². The molecule has 0 amide bonds. The molecule has 2 atom stereocenters. The molecule has 0 aliphatic carbocycles. The normalized spacial score (nSPS) is 24.4. The SMILES string of the molecule is CCOC(=O)C(C)CC1CO1. The minimum Gasteiger partial charge on any atom is -0.466 e. The van der Waals surface area contributed by atoms with Crippen LogP contribution in [0.15, 0.2) is 0 Å². The lowest BCUT2D eigenvalue weighted by molar-refractivity contribution is -0.147. The maximum Gasteiger partial charge on any atom is 0.308 e. The van der Waals surface area contributed by atoms with Gasteiger partial charge in [-0.1, -0.05) is 6.92 Å². The summed E-state index contributed by atoms with van der Waals surface area (Å²) in [5.41, 5.74) is 0. The van der Waals surface area contributed by atoms with E-state index in [1.54, 1.807) is 0 Å². The molecule has 0 aromatic carbocycles. The van der Waals surface area contributed by atoms with Crippen LogP contribution in [0.2, 0.25) is 0 Å². The van der Waals surface area contributed by atoms with Crippen LogP contribution in [-0.2, 0) is 14.3 Å². The van der Waals surface area contributed by atoms with Crippen molar-refractivity contribution in [2.24, 2.45) is 5.92 Å². The van der Waals surface area contributed by atoms with Crippen LogP contribution in [0.5, 0.6) is 0 Å². The van der Waals surface area contributed by atoms with Crippen molar-refractivity contribution in [2.45, 2.75) is 26.4 Å². The number of carbonyl (C=O) groups excluding carboxylic acids is 1. The quantitative estimate of drug-likeness (QED) is 0.452. The summed E-state index contributed by atoms with van der Waals surface area (Å²) >= 11 is 0. The molecule has 0 aromatic rings. The lowest BCUT2D eigenvalue weighted by Crippen LogP contribution is -2.16. The number of ether oxygens (including phenoxy) is 2. The third kappa shape index (κ3) is 2.89. The van der Waals surface area contributed by atoms with Gasteiger partial charge in [-0.15, -0.1) is 0 Å². The fourth-order valence-electron chi connectivity index (χ4n) is 0.979. The van der Waals surface area contributed by atoms with Crippen molar-refractivity contribution in [2.75, 3.05) is 13.2 Å². The first-order valence-electron chi connectivity index (χ1n) is 4.02. The van der Waals surface area contributed by atoms with Crippen LogP contribution in [0.3, 0.4) is 0 Å². The van der Waals surface area contributed by atoms with Gasteiger partial charge in [-0.05, 0) is 13.3 Å². The van der Waals surface area contributed by atoms with Crippen LogP contribution >= 0.6 is 0 Å². The van der Waals surface area contributed by atoms with Gasteiger partial charge in [-0.2, -0.15) is 0 Å². The Morgan fingerprint density at radius 2 is 2.45 bits per heavy atom. The van der Waals surface area contributed by atoms with Crippen LogP contribution in [0.1, 0.15) is 20.3 Å². The maximum absolute atomic E-state index is 11.0. The van der Waals surface area contributed by atoms with Crippen molar-refractivity contribution in [1.29, 1.82) is 0 Å². The zero-order valence-electron chi connectivity index (χ0n) is 7.00. The Labute approximate surface area is 66.7 Å². The summed E-state index contributed by atoms with van der Waals surface area (Å²) in [5, 5.41) is 0. The van der Waals surface area contributed by atoms with Crippen molar-refractivity contribution in [3.63, 3.8) is 0 Å². The molecule has 1 rings (SSSR count). The second-order valence-corrected chi connectivity index (χ2v) is 2.84. The minimum absolute atomic E-state index is 0.0116. The van der Waals surface area contributed by atoms with Crippen LogP contribution in [-0.4, -0.2) is 25.3 Å². The average Bonchev–Trinajstić information content (AvgIpc) is 2.72. The molecule has 1 heterocycles. The Balaban J connectivity index is 2.15. The van der Waals surface area contributed by atoms with Gasteiger partial charge in [0.25, 0.3) is 0 Å². The topological polar surface area (TPSA) is 38.8 Å². The first-order valence-corrected chi connectivity index (χ1v) is 4.02. The molecule has 64 valence electrons. The van der Waals surface area contributed by atoms with Gasteiger partial charge in [0.2, 0.25) is 0 Å². The van der Waals surface area contributed by atoms with Crippen molar-refractivity contribution in [3.8, 4) is 0 Å². The van der Waals surface area contributed by atoms with Gasteiger partial charge in [0, 0.05) is 0 Å². The van der Waals surface area contributed by atoms with E-state index in [0.29, 0.717) is 12.7 Å². The fourth-order valence-corrected chi connectivity index (χ4v) is 0.979. The van der Waals surface area contributed by atoms with E-state index < -0.39 is 0 Å². The molecule has 3 nitrogen and oxygen atoms in total. The van der Waals surface area contributed by atoms with E-state index in [9.17, 15) is 4.79 Å². The Bertz CT molecular complexity index is 140. The number of esters is 1. The Hall–Kier alpha value is -0.570. The number of epoxide rings is 1. The van der Waals surface area contributed by atoms with E-state index >= 15 is 0 Å². The molecule has 0 spiro atoms. The van der Waals surface area contributed by atoms with E-state index in [0.717, 1.165) is 13.0 Å². The highest BCUT2D eigenvalue weighted by molar-refractivity contribution is 5.71. The molecule has 0 saturated carbocycles. The monoisotopic (exact) mass is 158 g/mol. The molecule has 1 saturated heterocycles. The van der Waals surface area contributed by atoms with Gasteiger partial charge in [0.05, 0.1) is 25.2 Å². The summed E-state index contributed by atoms with van der Waals surface area (Å²) in [4.78, 5) is 11.0. The number of rotatable bonds is 4. The van der Waals surface area contributed by atoms with Gasteiger partial charge >= 0.3 is 5.97 Å². The third-order valence-corrected chi connectivity index (χ3v) is 1.71. The third-order valence-electron chi connectivity index (χ3n) is 1.71. The summed E-state index contributed by atoms with van der Waals surface area (Å²) in [6, 6.07) is 0. The molecule has 1 aliphatic rings. The molecule has 1 aliphatic heterocycles. The largest absolute Gasteiger partial charge is 0.466 e. The van der Waals surface area contributed by atoms with Gasteiger partial charge in [-0.25, -0.2) is 0 Å². The predicted molar refractivity (Wildman–Crippen MR) is 40.2 cm³/mol. The summed E-state index contributed by atoms with van der Waals surface area (Å²) < 4.78 is 9.84. The van der Waals surface area contributed by atoms with Crippen LogP contribution in [0.4, 0.5) is 0 Å². The van der Waals surface area contributed by atoms with Gasteiger partial charge in [-0.3, -0.25) is 4.79 Å². The Morgan fingerprint density at radius 1 is 1.82 bits per heavy atom. The second kappa shape index (κ2) is 3.72. The zero-order chi connectivity index (χ0) is 8.27. The van der Waals surface area contributed by atoms with Crippen molar-refractivity contribution < 1.29 is 14.3 Å². The van der Waals surface area contributed by atoms with E-state index in [1.807, 2.05) is 13.8 Å². The van der Waals surface area contributed by atoms with E-state index in [4.69, 9.17) is 9.47 Å². The molecule has 0 radical (unpaired) electrons. The van der Waals surface area contributed by atoms with Crippen molar-refractivity contribution in [1.82, 2.24) is 0 Å². The highest BCUT2D eigenvalue weighted by Gasteiger charge is 2.28. The Kier molecular flexibility index (Phi) is 2.88. The molecular weight excluding hydrogens is 144 g/mol. The van der Waals surface area contributed by atoms with Crippen LogP contribution in [0, 0.1) is 5.92 Å². The van der Waals surface area contributed by atoms with Gasteiger partial charge < -0.3 is 9.47 Å². The molecule has 0 aromatic heterocycles. The first kappa shape index (κ1) is 8.53. The molecule has 0 N–H and O–H groups in total. The molecule has 11 heavy (non-hydrogen) atoms. The second-order valence-electron chi connectivity index (χ2n) is 2.84. The molecule has 3 heteroatoms. The Morgan fingerprint density at radius 3 is 2.91 bits per heavy atom. The number of hydrogen-bond acceptors (Lipinski definition) is 3. The summed E-state index contributed by atoms with van der Waals surface area (Å²) in [5.74, 6) is -0.120. The molecule has 0 bridgehead atoms. The lowest BCUT2D eigenvalue weighted by atomic mass is 10.1. The van der Waals surface area contributed by atoms with E-state index in [2.05, 4.69) is 0 Å². The fraction of sp³-hybridized carbons (Fsp3) is 0.875. The smallest absolute Gasteiger partial charge is 0.308 e. The zero-order valence-corrected chi connectivity index (χ0v) is 7.00. The van der Waals surface area contributed by atoms with Crippen molar-refractivity contribution >= 4 is 5.97 Å². The highest BCUT2D eigenvalue weighted by Crippen LogP contribution is 2.19. The molecular formula is C8H14O3. The standard InChI is InChI=1S/C8H14O3/c1-3-10-8(9)6(2)4-7-5-11-7/h6-7H,3-5H2,1-2H3. The van der Waals surface area contributed by atoms with Crippen LogP contribution < -0.4 is 0 Å². The molecule has 2 unspecified atom stereocenters. The predicted octanol–water partition coefficient (Wildman–Crippen LogP) is 0.975. The van der Waals surface area contributed by atoms with E-state index in [1.165, 1.54) is 0 Å². The highest BCUT2D eigenvalue weighted by atomic mass is 16.6. The summed E-state index contributed by atoms with van der Waals surface area (Å²) in [6.07, 6.45) is 1.12. The summed E-state index contributed by atoms with van der Waals surface area (Å²) in [6.45, 7) is 4.97. The maximum atomic E-state index is 11.0. The minimum atomic E-state index is -0.108. The lowest BCUT2D eigenvalue weighted by Gasteiger charge is -2.07. The summed E-state index contributed by atoms with van der Waals surface area (Å²) in [7, 11) is 0. The number of carbonyl (C=O) groups is 1. The first-order chi connectivity index (χ1) is 5.24.